The van der Waals surface area contributed by atoms with Gasteiger partial charge in [0.15, 0.2) is 0 Å². The van der Waals surface area contributed by atoms with Crippen molar-refractivity contribution in [2.75, 3.05) is 73.0 Å². The molecule has 2 aliphatic rings. The Hall–Kier alpha value is -2.45. The molecule has 0 aromatic heterocycles. The van der Waals surface area contributed by atoms with Crippen molar-refractivity contribution in [2.24, 2.45) is 0 Å². The summed E-state index contributed by atoms with van der Waals surface area (Å²) in [6, 6.07) is 10.3. The maximum absolute atomic E-state index is 12.7. The van der Waals surface area contributed by atoms with E-state index < -0.39 is 0 Å². The molecule has 0 spiro atoms. The Kier molecular flexibility index (Phi) is 9.05. The molecule has 1 aromatic carbocycles. The molecule has 8 heteroatoms. The van der Waals surface area contributed by atoms with Crippen LogP contribution in [0.2, 0.25) is 0 Å². The molecule has 0 N–H and O–H groups in total. The highest BCUT2D eigenvalue weighted by atomic mass is 16.2. The lowest BCUT2D eigenvalue weighted by molar-refractivity contribution is -0.143. The van der Waals surface area contributed by atoms with Gasteiger partial charge in [-0.3, -0.25) is 24.2 Å². The number of carbonyl (C=O) groups excluding carboxylic acids is 3. The first-order valence-corrected chi connectivity index (χ1v) is 11.7. The number of hydrogen-bond acceptors (Lipinski definition) is 5. The lowest BCUT2D eigenvalue weighted by Gasteiger charge is -2.35. The molecule has 0 bridgehead atoms. The molecule has 2 fully saturated rings. The molecule has 1 aromatic rings. The molecule has 8 nitrogen and oxygen atoms in total. The summed E-state index contributed by atoms with van der Waals surface area (Å²) in [6.07, 6.45) is 3.47. The van der Waals surface area contributed by atoms with Crippen molar-refractivity contribution < 1.29 is 14.4 Å². The molecule has 3 amide bonds. The second-order valence-corrected chi connectivity index (χ2v) is 8.98. The van der Waals surface area contributed by atoms with Crippen LogP contribution in [0.5, 0.6) is 0 Å². The molecule has 3 rings (SSSR count). The van der Waals surface area contributed by atoms with Crippen LogP contribution in [0.15, 0.2) is 30.3 Å². The summed E-state index contributed by atoms with van der Waals surface area (Å²) in [4.78, 5) is 46.9. The molecule has 2 saturated heterocycles. The van der Waals surface area contributed by atoms with Gasteiger partial charge in [-0.05, 0) is 31.5 Å². The van der Waals surface area contributed by atoms with Crippen LogP contribution in [0.1, 0.15) is 24.8 Å². The van der Waals surface area contributed by atoms with Crippen molar-refractivity contribution in [3.8, 4) is 0 Å². The Balaban J connectivity index is 1.37. The number of rotatable bonds is 8. The average molecular weight is 444 g/mol. The molecule has 0 radical (unpaired) electrons. The minimum Gasteiger partial charge on any atom is -0.339 e. The van der Waals surface area contributed by atoms with Crippen molar-refractivity contribution in [3.05, 3.63) is 35.9 Å². The van der Waals surface area contributed by atoms with E-state index in [9.17, 15) is 14.4 Å². The molecule has 0 saturated carbocycles. The maximum Gasteiger partial charge on any atom is 0.242 e. The van der Waals surface area contributed by atoms with E-state index >= 15 is 0 Å². The van der Waals surface area contributed by atoms with Crippen LogP contribution in [0.3, 0.4) is 0 Å². The van der Waals surface area contributed by atoms with Crippen molar-refractivity contribution in [1.29, 1.82) is 0 Å². The summed E-state index contributed by atoms with van der Waals surface area (Å²) in [5, 5.41) is 0. The molecule has 0 unspecified atom stereocenters. The number of piperazine rings is 1. The van der Waals surface area contributed by atoms with Crippen LogP contribution in [0.25, 0.3) is 0 Å². The van der Waals surface area contributed by atoms with Crippen LogP contribution in [0.4, 0.5) is 0 Å². The predicted octanol–water partition coefficient (Wildman–Crippen LogP) is 0.734. The summed E-state index contributed by atoms with van der Waals surface area (Å²) < 4.78 is 0. The molecule has 0 aliphatic carbocycles. The largest absolute Gasteiger partial charge is 0.339 e. The van der Waals surface area contributed by atoms with Crippen molar-refractivity contribution in [3.63, 3.8) is 0 Å². The van der Waals surface area contributed by atoms with Crippen molar-refractivity contribution in [1.82, 2.24) is 24.5 Å². The highest BCUT2D eigenvalue weighted by Crippen LogP contribution is 2.10. The highest BCUT2D eigenvalue weighted by molar-refractivity contribution is 5.88. The number of amides is 3. The molecule has 0 atom stereocenters. The van der Waals surface area contributed by atoms with Gasteiger partial charge in [0, 0.05) is 46.8 Å². The van der Waals surface area contributed by atoms with E-state index in [1.807, 2.05) is 23.1 Å². The van der Waals surface area contributed by atoms with Gasteiger partial charge < -0.3 is 14.7 Å². The lowest BCUT2D eigenvalue weighted by Crippen LogP contribution is -2.52. The normalized spacial score (nSPS) is 17.8. The van der Waals surface area contributed by atoms with Gasteiger partial charge in [-0.2, -0.15) is 0 Å². The van der Waals surface area contributed by atoms with Gasteiger partial charge in [0.2, 0.25) is 17.7 Å². The third kappa shape index (κ3) is 7.31. The second kappa shape index (κ2) is 12.0. The zero-order valence-electron chi connectivity index (χ0n) is 19.5. The molecule has 2 heterocycles. The van der Waals surface area contributed by atoms with E-state index in [4.69, 9.17) is 0 Å². The zero-order chi connectivity index (χ0) is 22.9. The van der Waals surface area contributed by atoms with E-state index in [0.29, 0.717) is 19.6 Å². The average Bonchev–Trinajstić information content (AvgIpc) is 2.80. The van der Waals surface area contributed by atoms with E-state index in [-0.39, 0.29) is 30.8 Å². The Morgan fingerprint density at radius 1 is 0.750 bits per heavy atom. The van der Waals surface area contributed by atoms with Crippen LogP contribution in [0, 0.1) is 0 Å². The van der Waals surface area contributed by atoms with Gasteiger partial charge in [0.1, 0.15) is 0 Å². The van der Waals surface area contributed by atoms with E-state index in [2.05, 4.69) is 21.9 Å². The number of carbonyl (C=O) groups is 3. The fourth-order valence-electron chi connectivity index (χ4n) is 4.23. The second-order valence-electron chi connectivity index (χ2n) is 8.98. The van der Waals surface area contributed by atoms with Crippen molar-refractivity contribution >= 4 is 17.7 Å². The SMILES string of the molecule is CN(CC(=O)N(C)CC(=O)N1CCN(Cc2ccccc2)CC1)C(=O)CN1CCCCC1. The molecule has 176 valence electrons. The fourth-order valence-corrected chi connectivity index (χ4v) is 4.23. The Bertz CT molecular complexity index is 758. The molecule has 2 aliphatic heterocycles. The number of piperidine rings is 1. The third-order valence-corrected chi connectivity index (χ3v) is 6.38. The highest BCUT2D eigenvalue weighted by Gasteiger charge is 2.25. The first-order chi connectivity index (χ1) is 15.4. The Morgan fingerprint density at radius 2 is 1.38 bits per heavy atom. The van der Waals surface area contributed by atoms with Gasteiger partial charge >= 0.3 is 0 Å². The first-order valence-electron chi connectivity index (χ1n) is 11.7. The van der Waals surface area contributed by atoms with Gasteiger partial charge in [0.05, 0.1) is 19.6 Å². The van der Waals surface area contributed by atoms with Crippen LogP contribution < -0.4 is 0 Å². The van der Waals surface area contributed by atoms with E-state index in [0.717, 1.165) is 45.6 Å². The quantitative estimate of drug-likeness (QED) is 0.593. The predicted molar refractivity (Wildman–Crippen MR) is 124 cm³/mol. The summed E-state index contributed by atoms with van der Waals surface area (Å²) in [5.74, 6) is -0.299. The number of likely N-dealkylation sites (N-methyl/N-ethyl adjacent to an activating group) is 2. The minimum atomic E-state index is -0.212. The van der Waals surface area contributed by atoms with Crippen molar-refractivity contribution in [2.45, 2.75) is 25.8 Å². The number of likely N-dealkylation sites (tertiary alicyclic amines) is 1. The molecule has 32 heavy (non-hydrogen) atoms. The van der Waals surface area contributed by atoms with Gasteiger partial charge in [-0.1, -0.05) is 36.8 Å². The Morgan fingerprint density at radius 3 is 2.03 bits per heavy atom. The summed E-state index contributed by atoms with van der Waals surface area (Å²) in [5.41, 5.74) is 1.27. The number of hydrogen-bond donors (Lipinski definition) is 0. The van der Waals surface area contributed by atoms with Gasteiger partial charge in [-0.15, -0.1) is 0 Å². The van der Waals surface area contributed by atoms with E-state index in [1.165, 1.54) is 21.8 Å². The first kappa shape index (κ1) is 24.2. The van der Waals surface area contributed by atoms with Crippen LogP contribution in [-0.2, 0) is 20.9 Å². The molecular weight excluding hydrogens is 406 g/mol. The summed E-state index contributed by atoms with van der Waals surface area (Å²) in [6.45, 7) is 6.18. The Labute approximate surface area is 191 Å². The summed E-state index contributed by atoms with van der Waals surface area (Å²) in [7, 11) is 3.29. The minimum absolute atomic E-state index is 0.00130. The third-order valence-electron chi connectivity index (χ3n) is 6.38. The number of benzene rings is 1. The summed E-state index contributed by atoms with van der Waals surface area (Å²) >= 11 is 0. The molecular formula is C24H37N5O3. The zero-order valence-corrected chi connectivity index (χ0v) is 19.5. The number of nitrogens with zero attached hydrogens (tertiary/aromatic N) is 5. The standard InChI is InChI=1S/C24H37N5O3/c1-25(23(31)20-27-11-7-4-8-12-27)18-22(30)26(2)19-24(32)29-15-13-28(14-16-29)17-21-9-5-3-6-10-21/h3,5-6,9-10H,4,7-8,11-20H2,1-2H3. The van der Waals surface area contributed by atoms with Gasteiger partial charge in [-0.25, -0.2) is 0 Å². The topological polar surface area (TPSA) is 67.4 Å². The lowest BCUT2D eigenvalue weighted by atomic mass is 10.1. The van der Waals surface area contributed by atoms with Crippen LogP contribution >= 0.6 is 0 Å². The van der Waals surface area contributed by atoms with Gasteiger partial charge in [0.25, 0.3) is 0 Å². The van der Waals surface area contributed by atoms with E-state index in [1.54, 1.807) is 14.1 Å². The van der Waals surface area contributed by atoms with Crippen LogP contribution in [-0.4, -0.2) is 115 Å². The monoisotopic (exact) mass is 443 g/mol. The smallest absolute Gasteiger partial charge is 0.242 e. The maximum atomic E-state index is 12.7. The fraction of sp³-hybridized carbons (Fsp3) is 0.625.